The predicted molar refractivity (Wildman–Crippen MR) is 224 cm³/mol. The normalized spacial score (nSPS) is 11.3. The van der Waals surface area contributed by atoms with Gasteiger partial charge >= 0.3 is 0 Å². The van der Waals surface area contributed by atoms with E-state index in [1.54, 1.807) is 0 Å². The fraction of sp³-hybridized carbons (Fsp3) is 0. The highest BCUT2D eigenvalue weighted by molar-refractivity contribution is 6.11. The zero-order chi connectivity index (χ0) is 36.7. The first-order chi connectivity index (χ1) is 27.2. The van der Waals surface area contributed by atoms with Crippen molar-refractivity contribution in [2.75, 3.05) is 0 Å². The van der Waals surface area contributed by atoms with Crippen molar-refractivity contribution < 1.29 is 0 Å². The highest BCUT2D eigenvalue weighted by Gasteiger charge is 2.18. The van der Waals surface area contributed by atoms with Crippen molar-refractivity contribution in [3.05, 3.63) is 194 Å². The lowest BCUT2D eigenvalue weighted by atomic mass is 10.0. The molecule has 0 atom stereocenters. The van der Waals surface area contributed by atoms with Crippen LogP contribution in [0, 0.1) is 11.3 Å². The lowest BCUT2D eigenvalue weighted by Crippen LogP contribution is -2.00. The van der Waals surface area contributed by atoms with Crippen molar-refractivity contribution in [1.82, 2.24) is 19.5 Å². The molecule has 0 radical (unpaired) electrons. The maximum atomic E-state index is 9.90. The number of benzene rings is 8. The van der Waals surface area contributed by atoms with Gasteiger partial charge in [0.1, 0.15) is 0 Å². The maximum Gasteiger partial charge on any atom is 0.164 e. The van der Waals surface area contributed by atoms with Gasteiger partial charge < -0.3 is 4.57 Å². The molecule has 5 nitrogen and oxygen atoms in total. The van der Waals surface area contributed by atoms with E-state index >= 15 is 0 Å². The van der Waals surface area contributed by atoms with Crippen LogP contribution in [0.1, 0.15) is 5.56 Å². The summed E-state index contributed by atoms with van der Waals surface area (Å²) in [5, 5.41) is 14.3. The summed E-state index contributed by atoms with van der Waals surface area (Å²) in [5.74, 6) is 1.76. The summed E-state index contributed by atoms with van der Waals surface area (Å²) in [7, 11) is 0. The largest absolute Gasteiger partial charge is 0.309 e. The van der Waals surface area contributed by atoms with Crippen molar-refractivity contribution in [2.24, 2.45) is 0 Å². The van der Waals surface area contributed by atoms with Crippen LogP contribution in [0.5, 0.6) is 0 Å². The predicted octanol–water partition coefficient (Wildman–Crippen LogP) is 12.3. The Bertz CT molecular complexity index is 2970. The van der Waals surface area contributed by atoms with Crippen LogP contribution in [-0.4, -0.2) is 19.5 Å². The highest BCUT2D eigenvalue weighted by Crippen LogP contribution is 2.37. The number of hydrogen-bond donors (Lipinski definition) is 0. The van der Waals surface area contributed by atoms with Gasteiger partial charge in [-0.2, -0.15) is 5.26 Å². The highest BCUT2D eigenvalue weighted by atomic mass is 15.0. The van der Waals surface area contributed by atoms with E-state index in [4.69, 9.17) is 15.0 Å². The molecular weight excluding hydrogens is 671 g/mol. The minimum absolute atomic E-state index is 0.573. The van der Waals surface area contributed by atoms with Gasteiger partial charge in [-0.15, -0.1) is 0 Å². The monoisotopic (exact) mass is 701 g/mol. The van der Waals surface area contributed by atoms with E-state index in [9.17, 15) is 5.26 Å². The molecule has 0 aliphatic heterocycles. The zero-order valence-corrected chi connectivity index (χ0v) is 29.6. The molecule has 2 heterocycles. The maximum absolute atomic E-state index is 9.90. The van der Waals surface area contributed by atoms with Crippen molar-refractivity contribution in [3.8, 4) is 68.2 Å². The summed E-state index contributed by atoms with van der Waals surface area (Å²) >= 11 is 0. The molecule has 0 aliphatic rings. The second kappa shape index (κ2) is 13.4. The third-order valence-corrected chi connectivity index (χ3v) is 10.3. The molecule has 0 unspecified atom stereocenters. The van der Waals surface area contributed by atoms with Crippen LogP contribution in [0.3, 0.4) is 0 Å². The first-order valence-electron chi connectivity index (χ1n) is 18.2. The second-order valence-corrected chi connectivity index (χ2v) is 13.6. The molecule has 55 heavy (non-hydrogen) atoms. The number of fused-ring (bicyclic) bond motifs is 4. The summed E-state index contributed by atoms with van der Waals surface area (Å²) in [5.41, 5.74) is 10.9. The molecule has 0 fully saturated rings. The van der Waals surface area contributed by atoms with Crippen LogP contribution in [0.2, 0.25) is 0 Å². The van der Waals surface area contributed by atoms with Gasteiger partial charge in [0.2, 0.25) is 0 Å². The SMILES string of the molecule is N#Cc1ccc2c(c1)c1cc(-c3nc(-c4ccc(-c5ccccc5)cc4)nc(-c4ccc(-c5ccccc5)cc4)n3)ccc1n2-c1ccc2ccccc2c1. The quantitative estimate of drug-likeness (QED) is 0.173. The molecule has 256 valence electrons. The third-order valence-electron chi connectivity index (χ3n) is 10.3. The number of nitrogens with zero attached hydrogens (tertiary/aromatic N) is 5. The Balaban J connectivity index is 1.14. The minimum Gasteiger partial charge on any atom is -0.309 e. The Morgan fingerprint density at radius 2 is 0.818 bits per heavy atom. The van der Waals surface area contributed by atoms with E-state index in [0.29, 0.717) is 23.0 Å². The van der Waals surface area contributed by atoms with Gasteiger partial charge in [-0.3, -0.25) is 0 Å². The van der Waals surface area contributed by atoms with Gasteiger partial charge in [0, 0.05) is 33.2 Å². The molecule has 0 saturated carbocycles. The molecular formula is C50H31N5. The van der Waals surface area contributed by atoms with E-state index in [-0.39, 0.29) is 0 Å². The van der Waals surface area contributed by atoms with E-state index in [2.05, 4.69) is 144 Å². The molecule has 0 bridgehead atoms. The van der Waals surface area contributed by atoms with Crippen LogP contribution >= 0.6 is 0 Å². The molecule has 10 rings (SSSR count). The summed E-state index contributed by atoms with van der Waals surface area (Å²) in [4.78, 5) is 15.3. The van der Waals surface area contributed by atoms with Gasteiger partial charge in [-0.25, -0.2) is 15.0 Å². The zero-order valence-electron chi connectivity index (χ0n) is 29.6. The standard InChI is InChI=1S/C50H31N5/c51-32-33-15-27-46-44(29-33)45-31-42(25-28-47(45)55(46)43-26-24-36-13-7-8-14-41(36)30-43)50-53-48(39-20-16-37(17-21-39)34-9-3-1-4-10-34)52-49(54-50)40-22-18-38(19-23-40)35-11-5-2-6-12-35/h1-31H. The van der Waals surface area contributed by atoms with Crippen LogP contribution in [0.15, 0.2) is 188 Å². The Morgan fingerprint density at radius 3 is 1.40 bits per heavy atom. The van der Waals surface area contributed by atoms with Crippen molar-refractivity contribution in [1.29, 1.82) is 5.26 Å². The van der Waals surface area contributed by atoms with Crippen molar-refractivity contribution in [2.45, 2.75) is 0 Å². The van der Waals surface area contributed by atoms with E-state index in [0.717, 1.165) is 66.4 Å². The first-order valence-corrected chi connectivity index (χ1v) is 18.2. The van der Waals surface area contributed by atoms with Gasteiger partial charge in [0.05, 0.1) is 22.7 Å². The number of nitriles is 1. The molecule has 10 aromatic rings. The van der Waals surface area contributed by atoms with Gasteiger partial charge in [0.25, 0.3) is 0 Å². The Hall–Kier alpha value is -7.68. The van der Waals surface area contributed by atoms with Gasteiger partial charge in [-0.05, 0) is 81.6 Å². The molecule has 8 aromatic carbocycles. The number of aromatic nitrogens is 4. The minimum atomic E-state index is 0.573. The van der Waals surface area contributed by atoms with Gasteiger partial charge in [0.15, 0.2) is 17.5 Å². The average molecular weight is 702 g/mol. The number of hydrogen-bond acceptors (Lipinski definition) is 4. The topological polar surface area (TPSA) is 67.4 Å². The smallest absolute Gasteiger partial charge is 0.164 e. The number of rotatable bonds is 6. The molecule has 0 saturated heterocycles. The van der Waals surface area contributed by atoms with Crippen LogP contribution in [0.4, 0.5) is 0 Å². The van der Waals surface area contributed by atoms with Crippen LogP contribution < -0.4 is 0 Å². The summed E-state index contributed by atoms with van der Waals surface area (Å²) in [6.45, 7) is 0. The lowest BCUT2D eigenvalue weighted by Gasteiger charge is -2.11. The van der Waals surface area contributed by atoms with E-state index < -0.39 is 0 Å². The first kappa shape index (κ1) is 32.0. The summed E-state index contributed by atoms with van der Waals surface area (Å²) < 4.78 is 2.27. The molecule has 5 heteroatoms. The summed E-state index contributed by atoms with van der Waals surface area (Å²) in [6, 6.07) is 67.0. The molecule has 0 spiro atoms. The fourth-order valence-electron chi connectivity index (χ4n) is 7.47. The van der Waals surface area contributed by atoms with Crippen molar-refractivity contribution in [3.63, 3.8) is 0 Å². The Kier molecular flexibility index (Phi) is 7.79. The van der Waals surface area contributed by atoms with E-state index in [1.807, 2.05) is 54.6 Å². The lowest BCUT2D eigenvalue weighted by molar-refractivity contribution is 1.07. The molecule has 0 N–H and O–H groups in total. The fourth-order valence-corrected chi connectivity index (χ4v) is 7.47. The Labute approximate surface area is 318 Å². The van der Waals surface area contributed by atoms with E-state index in [1.165, 1.54) is 10.8 Å². The molecule has 0 aliphatic carbocycles. The van der Waals surface area contributed by atoms with Gasteiger partial charge in [-0.1, -0.05) is 140 Å². The van der Waals surface area contributed by atoms with Crippen LogP contribution in [-0.2, 0) is 0 Å². The van der Waals surface area contributed by atoms with Crippen LogP contribution in [0.25, 0.3) is 94.7 Å². The molecule has 0 amide bonds. The summed E-state index contributed by atoms with van der Waals surface area (Å²) in [6.07, 6.45) is 0. The molecule has 2 aromatic heterocycles. The third kappa shape index (κ3) is 5.89. The van der Waals surface area contributed by atoms with Crippen molar-refractivity contribution >= 4 is 32.6 Å². The second-order valence-electron chi connectivity index (χ2n) is 13.6. The Morgan fingerprint density at radius 1 is 0.364 bits per heavy atom. The average Bonchev–Trinajstić information content (AvgIpc) is 3.59.